The second-order valence-electron chi connectivity index (χ2n) is 9.60. The van der Waals surface area contributed by atoms with Crippen molar-refractivity contribution in [3.05, 3.63) is 66.2 Å². The minimum Gasteiger partial charge on any atom is -0.497 e. The van der Waals surface area contributed by atoms with Crippen molar-refractivity contribution in [1.29, 1.82) is 0 Å². The summed E-state index contributed by atoms with van der Waals surface area (Å²) in [7, 11) is -3.48. The first kappa shape index (κ1) is 30.2. The van der Waals surface area contributed by atoms with Gasteiger partial charge in [0.15, 0.2) is 0 Å². The van der Waals surface area contributed by atoms with Crippen molar-refractivity contribution in [2.75, 3.05) is 44.5 Å². The van der Waals surface area contributed by atoms with Gasteiger partial charge < -0.3 is 19.5 Å². The Hall–Kier alpha value is -3.81. The molecule has 4 rings (SSSR count). The van der Waals surface area contributed by atoms with E-state index in [9.17, 15) is 21.6 Å². The number of ether oxygens (including phenoxy) is 3. The molecular weight excluding hydrogens is 570 g/mol. The largest absolute Gasteiger partial charge is 0.497 e. The Kier molecular flexibility index (Phi) is 9.10. The van der Waals surface area contributed by atoms with Crippen molar-refractivity contribution in [1.82, 2.24) is 4.31 Å². The molecule has 0 radical (unpaired) electrons. The van der Waals surface area contributed by atoms with E-state index >= 15 is 0 Å². The summed E-state index contributed by atoms with van der Waals surface area (Å²) in [5, 5.41) is 2.68. The average molecular weight is 604 g/mol. The summed E-state index contributed by atoms with van der Waals surface area (Å²) < 4.78 is 72.1. The number of sulfonamides is 2. The molecule has 3 aromatic rings. The van der Waals surface area contributed by atoms with Crippen LogP contribution in [0.4, 0.5) is 11.4 Å². The normalized spacial score (nSPS) is 14.7. The highest BCUT2D eigenvalue weighted by Gasteiger charge is 2.29. The number of anilines is 2. The van der Waals surface area contributed by atoms with Crippen LogP contribution in [0.2, 0.25) is 0 Å². The third-order valence-corrected chi connectivity index (χ3v) is 10.1. The topological polar surface area (TPSA) is 140 Å². The lowest BCUT2D eigenvalue weighted by molar-refractivity contribution is 0.102. The molecule has 1 aliphatic rings. The molecule has 0 aromatic heterocycles. The number of methoxy groups -OCH3 is 3. The monoisotopic (exact) mass is 603 g/mol. The molecule has 1 saturated heterocycles. The van der Waals surface area contributed by atoms with Crippen molar-refractivity contribution in [2.45, 2.75) is 29.6 Å². The SMILES string of the molecule is COc1ccc(NS(=O)(=O)c2ccc(NC(=O)c3cc(S(=O)(=O)N4CCC(C)CC4)ccc3OC)cc2)c(OC)c1. The zero-order valence-corrected chi connectivity index (χ0v) is 24.8. The van der Waals surface area contributed by atoms with Gasteiger partial charge in [0.1, 0.15) is 17.2 Å². The molecule has 0 spiro atoms. The molecule has 0 unspecified atom stereocenters. The van der Waals surface area contributed by atoms with Gasteiger partial charge in [0.05, 0.1) is 42.4 Å². The molecule has 0 saturated carbocycles. The van der Waals surface area contributed by atoms with Crippen molar-refractivity contribution in [3.8, 4) is 17.2 Å². The molecule has 0 aliphatic carbocycles. The number of amides is 1. The fourth-order valence-corrected chi connectivity index (χ4v) is 6.97. The van der Waals surface area contributed by atoms with Crippen molar-refractivity contribution in [2.24, 2.45) is 5.92 Å². The predicted molar refractivity (Wildman–Crippen MR) is 155 cm³/mol. The van der Waals surface area contributed by atoms with E-state index in [1.54, 1.807) is 12.1 Å². The number of carbonyl (C=O) groups is 1. The highest BCUT2D eigenvalue weighted by molar-refractivity contribution is 7.92. The zero-order chi connectivity index (χ0) is 29.8. The molecule has 13 heteroatoms. The number of piperidine rings is 1. The maximum absolute atomic E-state index is 13.2. The van der Waals surface area contributed by atoms with E-state index in [0.717, 1.165) is 12.8 Å². The standard InChI is InChI=1S/C28H33N3O8S2/c1-19-13-15-31(16-14-19)41(35,36)23-10-12-26(38-3)24(18-23)28(32)29-20-5-8-22(9-6-20)40(33,34)30-25-11-7-21(37-2)17-27(25)39-4/h5-12,17-19,30H,13-16H2,1-4H3,(H,29,32). The van der Waals surface area contributed by atoms with Crippen molar-refractivity contribution in [3.63, 3.8) is 0 Å². The molecule has 1 amide bonds. The van der Waals surface area contributed by atoms with Gasteiger partial charge in [-0.2, -0.15) is 4.31 Å². The van der Waals surface area contributed by atoms with Gasteiger partial charge in [0.25, 0.3) is 15.9 Å². The summed E-state index contributed by atoms with van der Waals surface area (Å²) in [5.41, 5.74) is 0.562. The molecule has 41 heavy (non-hydrogen) atoms. The van der Waals surface area contributed by atoms with E-state index in [2.05, 4.69) is 17.0 Å². The van der Waals surface area contributed by atoms with Gasteiger partial charge in [0.2, 0.25) is 10.0 Å². The number of carbonyl (C=O) groups excluding carboxylic acids is 1. The van der Waals surface area contributed by atoms with Crippen molar-refractivity contribution >= 4 is 37.3 Å². The predicted octanol–water partition coefficient (Wildman–Crippen LogP) is 4.19. The second-order valence-corrected chi connectivity index (χ2v) is 13.2. The van der Waals surface area contributed by atoms with Crippen LogP contribution in [-0.4, -0.2) is 61.5 Å². The third-order valence-electron chi connectivity index (χ3n) is 6.87. The molecule has 2 N–H and O–H groups in total. The number of nitrogens with zero attached hydrogens (tertiary/aromatic N) is 1. The lowest BCUT2D eigenvalue weighted by Crippen LogP contribution is -2.37. The molecule has 0 bridgehead atoms. The van der Waals surface area contributed by atoms with Gasteiger partial charge in [-0.15, -0.1) is 0 Å². The van der Waals surface area contributed by atoms with Crippen LogP contribution in [0.15, 0.2) is 70.5 Å². The zero-order valence-electron chi connectivity index (χ0n) is 23.2. The molecule has 1 fully saturated rings. The maximum atomic E-state index is 13.2. The molecule has 1 heterocycles. The summed E-state index contributed by atoms with van der Waals surface area (Å²) in [6.45, 7) is 2.94. The van der Waals surface area contributed by atoms with Gasteiger partial charge >= 0.3 is 0 Å². The van der Waals surface area contributed by atoms with E-state index in [0.29, 0.717) is 30.4 Å². The summed E-state index contributed by atoms with van der Waals surface area (Å²) in [4.78, 5) is 13.1. The first-order chi connectivity index (χ1) is 19.5. The summed E-state index contributed by atoms with van der Waals surface area (Å²) in [6.07, 6.45) is 1.55. The van der Waals surface area contributed by atoms with Crippen LogP contribution in [0.1, 0.15) is 30.1 Å². The summed E-state index contributed by atoms with van der Waals surface area (Å²) in [5.74, 6) is 0.838. The Labute approximate surface area is 240 Å². The van der Waals surface area contributed by atoms with Crippen LogP contribution in [0.5, 0.6) is 17.2 Å². The van der Waals surface area contributed by atoms with Crippen molar-refractivity contribution < 1.29 is 35.8 Å². The van der Waals surface area contributed by atoms with Crippen LogP contribution in [0, 0.1) is 5.92 Å². The lowest BCUT2D eigenvalue weighted by atomic mass is 10.0. The van der Waals surface area contributed by atoms with Gasteiger partial charge in [-0.3, -0.25) is 9.52 Å². The molecule has 1 aliphatic heterocycles. The Morgan fingerprint density at radius 1 is 0.805 bits per heavy atom. The van der Waals surface area contributed by atoms with Crippen LogP contribution >= 0.6 is 0 Å². The van der Waals surface area contributed by atoms with E-state index in [4.69, 9.17) is 14.2 Å². The first-order valence-corrected chi connectivity index (χ1v) is 15.7. The third kappa shape index (κ3) is 6.75. The quantitative estimate of drug-likeness (QED) is 0.352. The van der Waals surface area contributed by atoms with Gasteiger partial charge in [-0.25, -0.2) is 16.8 Å². The van der Waals surface area contributed by atoms with E-state index < -0.39 is 26.0 Å². The van der Waals surface area contributed by atoms with E-state index in [1.807, 2.05) is 0 Å². The Morgan fingerprint density at radius 3 is 2.05 bits per heavy atom. The Morgan fingerprint density at radius 2 is 1.44 bits per heavy atom. The Bertz CT molecular complexity index is 1620. The van der Waals surface area contributed by atoms with Crippen LogP contribution in [0.25, 0.3) is 0 Å². The molecular formula is C28H33N3O8S2. The number of benzene rings is 3. The molecule has 0 atom stereocenters. The van der Waals surface area contributed by atoms with Crippen LogP contribution < -0.4 is 24.2 Å². The lowest BCUT2D eigenvalue weighted by Gasteiger charge is -2.29. The van der Waals surface area contributed by atoms with E-state index in [-0.39, 0.29) is 32.5 Å². The maximum Gasteiger partial charge on any atom is 0.262 e. The Balaban J connectivity index is 1.52. The highest BCUT2D eigenvalue weighted by Crippen LogP contribution is 2.32. The first-order valence-electron chi connectivity index (χ1n) is 12.8. The number of hydrogen-bond donors (Lipinski definition) is 2. The molecule has 3 aromatic carbocycles. The van der Waals surface area contributed by atoms with Crippen LogP contribution in [-0.2, 0) is 20.0 Å². The highest BCUT2D eigenvalue weighted by atomic mass is 32.2. The van der Waals surface area contributed by atoms with Gasteiger partial charge in [0, 0.05) is 24.8 Å². The van der Waals surface area contributed by atoms with Gasteiger partial charge in [-0.1, -0.05) is 6.92 Å². The minimum atomic E-state index is -3.98. The number of nitrogens with one attached hydrogen (secondary N) is 2. The fraction of sp³-hybridized carbons (Fsp3) is 0.321. The van der Waals surface area contributed by atoms with Crippen LogP contribution in [0.3, 0.4) is 0 Å². The molecule has 11 nitrogen and oxygen atoms in total. The number of rotatable bonds is 10. The number of hydrogen-bond acceptors (Lipinski definition) is 8. The summed E-state index contributed by atoms with van der Waals surface area (Å²) in [6, 6.07) is 14.4. The molecule has 220 valence electrons. The second kappa shape index (κ2) is 12.4. The minimum absolute atomic E-state index is 0.000483. The smallest absolute Gasteiger partial charge is 0.262 e. The average Bonchev–Trinajstić information content (AvgIpc) is 2.97. The summed E-state index contributed by atoms with van der Waals surface area (Å²) >= 11 is 0. The van der Waals surface area contributed by atoms with Gasteiger partial charge in [-0.05, 0) is 73.4 Å². The fourth-order valence-electron chi connectivity index (χ4n) is 4.40. The van der Waals surface area contributed by atoms with E-state index in [1.165, 1.54) is 74.2 Å².